The number of carbonyl (C=O) groups excluding carboxylic acids is 1. The summed E-state index contributed by atoms with van der Waals surface area (Å²) in [6, 6.07) is 10.5. The Hall–Kier alpha value is -2.81. The van der Waals surface area contributed by atoms with Crippen LogP contribution in [0.1, 0.15) is 12.8 Å². The van der Waals surface area contributed by atoms with Crippen LogP contribution < -0.4 is 15.0 Å². The number of ether oxygens (including phenoxy) is 1. The maximum absolute atomic E-state index is 13.4. The summed E-state index contributed by atoms with van der Waals surface area (Å²) in [4.78, 5) is 19.2. The minimum absolute atomic E-state index is 0.000100. The van der Waals surface area contributed by atoms with Crippen molar-refractivity contribution in [2.45, 2.75) is 19.5 Å². The number of benzene rings is 2. The number of hydrogen-bond acceptors (Lipinski definition) is 5. The summed E-state index contributed by atoms with van der Waals surface area (Å²) in [5.74, 6) is -0.617. The number of rotatable bonds is 5. The molecule has 29 heavy (non-hydrogen) atoms. The first kappa shape index (κ1) is 19.5. The Morgan fingerprint density at radius 3 is 2.76 bits per heavy atom. The number of piperidine rings is 1. The Bertz CT molecular complexity index is 1020. The number of nitrogens with zero attached hydrogens (tertiary/aromatic N) is 2. The lowest BCUT2D eigenvalue weighted by molar-refractivity contribution is -0.120. The van der Waals surface area contributed by atoms with E-state index in [1.54, 1.807) is 18.2 Å². The summed E-state index contributed by atoms with van der Waals surface area (Å²) < 4.78 is 43.2. The van der Waals surface area contributed by atoms with Gasteiger partial charge in [0.05, 0.1) is 10.2 Å². The number of nitrogens with one attached hydrogen (secondary N) is 1. The smallest absolute Gasteiger partial charge is 0.387 e. The van der Waals surface area contributed by atoms with Crippen LogP contribution >= 0.6 is 11.3 Å². The van der Waals surface area contributed by atoms with E-state index >= 15 is 0 Å². The van der Waals surface area contributed by atoms with Crippen LogP contribution in [-0.4, -0.2) is 30.6 Å². The van der Waals surface area contributed by atoms with E-state index in [4.69, 9.17) is 0 Å². The van der Waals surface area contributed by atoms with E-state index < -0.39 is 6.61 Å². The van der Waals surface area contributed by atoms with E-state index in [0.29, 0.717) is 31.6 Å². The molecule has 0 unspecified atom stereocenters. The molecule has 1 aromatic heterocycles. The highest BCUT2D eigenvalue weighted by Crippen LogP contribution is 2.32. The summed E-state index contributed by atoms with van der Waals surface area (Å²) in [6.07, 6.45) is 1.28. The van der Waals surface area contributed by atoms with Crippen molar-refractivity contribution < 1.29 is 22.7 Å². The highest BCUT2D eigenvalue weighted by atomic mass is 32.1. The first-order valence-electron chi connectivity index (χ1n) is 9.15. The molecule has 1 fully saturated rings. The van der Waals surface area contributed by atoms with Gasteiger partial charge in [0.25, 0.3) is 0 Å². The van der Waals surface area contributed by atoms with Crippen LogP contribution in [0.25, 0.3) is 10.2 Å². The average Bonchev–Trinajstić information content (AvgIpc) is 3.11. The van der Waals surface area contributed by atoms with Crippen molar-refractivity contribution in [2.75, 3.05) is 23.3 Å². The fraction of sp³-hybridized carbons (Fsp3) is 0.300. The Labute approximate surface area is 169 Å². The van der Waals surface area contributed by atoms with E-state index in [1.807, 2.05) is 0 Å². The molecular weight excluding hydrogens is 403 g/mol. The van der Waals surface area contributed by atoms with E-state index in [2.05, 4.69) is 19.9 Å². The molecule has 2 heterocycles. The van der Waals surface area contributed by atoms with Gasteiger partial charge in [-0.2, -0.15) is 8.78 Å². The van der Waals surface area contributed by atoms with Gasteiger partial charge >= 0.3 is 6.61 Å². The number of anilines is 2. The van der Waals surface area contributed by atoms with Gasteiger partial charge in [0, 0.05) is 30.8 Å². The molecule has 3 aromatic rings. The summed E-state index contributed by atoms with van der Waals surface area (Å²) in [6.45, 7) is -1.59. The van der Waals surface area contributed by atoms with Crippen LogP contribution in [0.15, 0.2) is 42.5 Å². The number of hydrogen-bond donors (Lipinski definition) is 1. The molecule has 152 valence electrons. The van der Waals surface area contributed by atoms with Crippen LogP contribution in [0.4, 0.5) is 24.0 Å². The van der Waals surface area contributed by atoms with Crippen molar-refractivity contribution in [3.63, 3.8) is 0 Å². The molecule has 9 heteroatoms. The second kappa shape index (κ2) is 8.28. The molecule has 0 radical (unpaired) electrons. The van der Waals surface area contributed by atoms with E-state index in [0.717, 1.165) is 15.3 Å². The molecule has 5 nitrogen and oxygen atoms in total. The first-order valence-corrected chi connectivity index (χ1v) is 9.96. The lowest BCUT2D eigenvalue weighted by Gasteiger charge is -2.31. The second-order valence-electron chi connectivity index (χ2n) is 6.77. The third-order valence-electron chi connectivity index (χ3n) is 4.80. The topological polar surface area (TPSA) is 54.5 Å². The minimum Gasteiger partial charge on any atom is -0.435 e. The fourth-order valence-electron chi connectivity index (χ4n) is 3.35. The largest absolute Gasteiger partial charge is 0.435 e. The molecule has 0 aliphatic carbocycles. The molecule has 0 atom stereocenters. The van der Waals surface area contributed by atoms with Crippen LogP contribution in [-0.2, 0) is 4.79 Å². The molecular formula is C20H18F3N3O2S. The molecule has 1 saturated heterocycles. The van der Waals surface area contributed by atoms with Gasteiger partial charge < -0.3 is 15.0 Å². The zero-order valence-electron chi connectivity index (χ0n) is 15.3. The summed E-state index contributed by atoms with van der Waals surface area (Å²) >= 11 is 1.44. The highest BCUT2D eigenvalue weighted by molar-refractivity contribution is 7.22. The number of alkyl halides is 2. The van der Waals surface area contributed by atoms with Crippen molar-refractivity contribution in [1.29, 1.82) is 0 Å². The number of carbonyl (C=O) groups is 1. The Kier molecular flexibility index (Phi) is 5.57. The second-order valence-corrected chi connectivity index (χ2v) is 7.77. The van der Waals surface area contributed by atoms with E-state index in [1.165, 1.54) is 35.6 Å². The number of amides is 1. The molecule has 0 bridgehead atoms. The van der Waals surface area contributed by atoms with Gasteiger partial charge in [0.15, 0.2) is 5.13 Å². The van der Waals surface area contributed by atoms with E-state index in [9.17, 15) is 18.0 Å². The molecule has 4 rings (SSSR count). The minimum atomic E-state index is -2.91. The van der Waals surface area contributed by atoms with Gasteiger partial charge in [-0.05, 0) is 43.2 Å². The van der Waals surface area contributed by atoms with Gasteiger partial charge in [-0.1, -0.05) is 17.4 Å². The molecule has 0 saturated carbocycles. The molecule has 0 spiro atoms. The normalized spacial score (nSPS) is 15.1. The average molecular weight is 421 g/mol. The van der Waals surface area contributed by atoms with Crippen molar-refractivity contribution in [3.05, 3.63) is 48.3 Å². The van der Waals surface area contributed by atoms with Gasteiger partial charge in [-0.25, -0.2) is 9.37 Å². The molecule has 1 N–H and O–H groups in total. The number of aromatic nitrogens is 1. The Balaban J connectivity index is 1.35. The van der Waals surface area contributed by atoms with Crippen molar-refractivity contribution >= 4 is 38.3 Å². The van der Waals surface area contributed by atoms with Gasteiger partial charge in [0.2, 0.25) is 5.91 Å². The van der Waals surface area contributed by atoms with Crippen molar-refractivity contribution in [2.24, 2.45) is 5.92 Å². The Morgan fingerprint density at radius 2 is 2.00 bits per heavy atom. The maximum atomic E-state index is 13.4. The number of fused-ring (bicyclic) bond motifs is 1. The third kappa shape index (κ3) is 4.61. The lowest BCUT2D eigenvalue weighted by atomic mass is 9.96. The summed E-state index contributed by atoms with van der Waals surface area (Å²) in [5.41, 5.74) is 1.18. The molecule has 2 aromatic carbocycles. The molecule has 1 aliphatic rings. The number of halogens is 3. The van der Waals surface area contributed by atoms with Gasteiger partial charge in [-0.15, -0.1) is 0 Å². The standard InChI is InChI=1S/C20H18F3N3O2S/c21-13-4-5-16-17(10-13)29-20(25-16)26-8-6-12(7-9-26)18(27)24-14-2-1-3-15(11-14)28-19(22)23/h1-5,10-12,19H,6-9H2,(H,24,27). The van der Waals surface area contributed by atoms with Crippen LogP contribution in [0.2, 0.25) is 0 Å². The first-order chi connectivity index (χ1) is 14.0. The predicted octanol–water partition coefficient (Wildman–Crippen LogP) is 4.89. The van der Waals surface area contributed by atoms with Crippen LogP contribution in [0.3, 0.4) is 0 Å². The Morgan fingerprint density at radius 1 is 1.21 bits per heavy atom. The van der Waals surface area contributed by atoms with Crippen LogP contribution in [0, 0.1) is 11.7 Å². The highest BCUT2D eigenvalue weighted by Gasteiger charge is 2.26. The van der Waals surface area contributed by atoms with Crippen LogP contribution in [0.5, 0.6) is 5.75 Å². The zero-order valence-corrected chi connectivity index (χ0v) is 16.1. The molecule has 1 aliphatic heterocycles. The van der Waals surface area contributed by atoms with Crippen molar-refractivity contribution in [3.8, 4) is 5.75 Å². The predicted molar refractivity (Wildman–Crippen MR) is 106 cm³/mol. The molecule has 1 amide bonds. The van der Waals surface area contributed by atoms with E-state index in [-0.39, 0.29) is 23.4 Å². The monoisotopic (exact) mass is 421 g/mol. The number of thiazole rings is 1. The fourth-order valence-corrected chi connectivity index (χ4v) is 4.39. The van der Waals surface area contributed by atoms with Gasteiger partial charge in [-0.3, -0.25) is 4.79 Å². The van der Waals surface area contributed by atoms with Gasteiger partial charge in [0.1, 0.15) is 11.6 Å². The third-order valence-corrected chi connectivity index (χ3v) is 5.88. The quantitative estimate of drug-likeness (QED) is 0.637. The summed E-state index contributed by atoms with van der Waals surface area (Å²) in [7, 11) is 0. The van der Waals surface area contributed by atoms with Crippen molar-refractivity contribution in [1.82, 2.24) is 4.98 Å². The maximum Gasteiger partial charge on any atom is 0.387 e. The SMILES string of the molecule is O=C(Nc1cccc(OC(F)F)c1)C1CCN(c2nc3ccc(F)cc3s2)CC1. The lowest BCUT2D eigenvalue weighted by Crippen LogP contribution is -2.38. The zero-order chi connectivity index (χ0) is 20.4. The summed E-state index contributed by atoms with van der Waals surface area (Å²) in [5, 5.41) is 3.59.